The third kappa shape index (κ3) is 5.68. The van der Waals surface area contributed by atoms with Crippen molar-refractivity contribution in [1.29, 1.82) is 0 Å². The molecular formula is C26H29N3O3S2. The summed E-state index contributed by atoms with van der Waals surface area (Å²) < 4.78 is 28.0. The van der Waals surface area contributed by atoms with Crippen molar-refractivity contribution in [2.75, 3.05) is 11.9 Å². The molecule has 0 saturated carbocycles. The summed E-state index contributed by atoms with van der Waals surface area (Å²) in [5.74, 6) is 0.493. The van der Waals surface area contributed by atoms with Crippen LogP contribution in [-0.4, -0.2) is 36.2 Å². The van der Waals surface area contributed by atoms with Crippen LogP contribution in [0.2, 0.25) is 0 Å². The highest BCUT2D eigenvalue weighted by molar-refractivity contribution is 7.98. The zero-order valence-corrected chi connectivity index (χ0v) is 21.0. The topological polar surface area (TPSA) is 79.4 Å². The van der Waals surface area contributed by atoms with Gasteiger partial charge in [-0.3, -0.25) is 9.78 Å². The van der Waals surface area contributed by atoms with Gasteiger partial charge < -0.3 is 5.32 Å². The Bertz CT molecular complexity index is 1250. The van der Waals surface area contributed by atoms with Gasteiger partial charge >= 0.3 is 0 Å². The first-order valence-corrected chi connectivity index (χ1v) is 13.8. The lowest BCUT2D eigenvalue weighted by Gasteiger charge is -2.32. The molecule has 1 aromatic heterocycles. The highest BCUT2D eigenvalue weighted by atomic mass is 32.2. The van der Waals surface area contributed by atoms with Gasteiger partial charge in [-0.25, -0.2) is 8.42 Å². The Morgan fingerprint density at radius 3 is 2.65 bits per heavy atom. The molecule has 1 unspecified atom stereocenters. The van der Waals surface area contributed by atoms with E-state index in [-0.39, 0.29) is 16.8 Å². The van der Waals surface area contributed by atoms with E-state index in [1.807, 2.05) is 56.4 Å². The molecular weight excluding hydrogens is 466 g/mol. The SMILES string of the molecule is Cc1ccc(S(=O)(=O)N2CCCCC2C)cc1C(=O)Nc1ccc(SCc2cccnc2)cc1. The van der Waals surface area contributed by atoms with Crippen LogP contribution in [0.15, 0.2) is 76.8 Å². The van der Waals surface area contributed by atoms with Crippen molar-refractivity contribution in [2.24, 2.45) is 0 Å². The van der Waals surface area contributed by atoms with E-state index >= 15 is 0 Å². The maximum Gasteiger partial charge on any atom is 0.255 e. The maximum absolute atomic E-state index is 13.2. The van der Waals surface area contributed by atoms with Gasteiger partial charge in [-0.1, -0.05) is 18.6 Å². The van der Waals surface area contributed by atoms with Gasteiger partial charge in [0.25, 0.3) is 5.91 Å². The van der Waals surface area contributed by atoms with Crippen LogP contribution in [0.25, 0.3) is 0 Å². The molecule has 1 aliphatic rings. The lowest BCUT2D eigenvalue weighted by molar-refractivity contribution is 0.102. The number of hydrogen-bond acceptors (Lipinski definition) is 5. The van der Waals surface area contributed by atoms with Crippen molar-refractivity contribution in [2.45, 2.75) is 54.7 Å². The van der Waals surface area contributed by atoms with E-state index in [4.69, 9.17) is 0 Å². The van der Waals surface area contributed by atoms with Gasteiger partial charge in [-0.15, -0.1) is 11.8 Å². The van der Waals surface area contributed by atoms with Crippen molar-refractivity contribution >= 4 is 33.4 Å². The van der Waals surface area contributed by atoms with Gasteiger partial charge in [0, 0.05) is 46.9 Å². The van der Waals surface area contributed by atoms with Crippen molar-refractivity contribution in [3.05, 3.63) is 83.7 Å². The van der Waals surface area contributed by atoms with Gasteiger partial charge in [0.2, 0.25) is 10.0 Å². The third-order valence-corrected chi connectivity index (χ3v) is 9.14. The van der Waals surface area contributed by atoms with Crippen LogP contribution in [0.5, 0.6) is 0 Å². The fourth-order valence-electron chi connectivity index (χ4n) is 4.05. The highest BCUT2D eigenvalue weighted by Gasteiger charge is 2.31. The van der Waals surface area contributed by atoms with Gasteiger partial charge in [-0.2, -0.15) is 4.31 Å². The number of anilines is 1. The number of pyridine rings is 1. The van der Waals surface area contributed by atoms with Crippen LogP contribution in [0.3, 0.4) is 0 Å². The van der Waals surface area contributed by atoms with E-state index < -0.39 is 10.0 Å². The minimum Gasteiger partial charge on any atom is -0.322 e. The largest absolute Gasteiger partial charge is 0.322 e. The molecule has 1 atom stereocenters. The molecule has 0 aliphatic carbocycles. The second-order valence-electron chi connectivity index (χ2n) is 8.57. The highest BCUT2D eigenvalue weighted by Crippen LogP contribution is 2.27. The summed E-state index contributed by atoms with van der Waals surface area (Å²) in [6.45, 7) is 4.27. The Kier molecular flexibility index (Phi) is 7.70. The molecule has 1 saturated heterocycles. The van der Waals surface area contributed by atoms with Crippen molar-refractivity contribution in [3.8, 4) is 0 Å². The van der Waals surface area contributed by atoms with Crippen LogP contribution >= 0.6 is 11.8 Å². The van der Waals surface area contributed by atoms with Gasteiger partial charge in [-0.05, 0) is 80.3 Å². The number of hydrogen-bond donors (Lipinski definition) is 1. The molecule has 8 heteroatoms. The number of sulfonamides is 1. The van der Waals surface area contributed by atoms with E-state index in [2.05, 4.69) is 10.3 Å². The molecule has 3 aromatic rings. The van der Waals surface area contributed by atoms with E-state index in [9.17, 15) is 13.2 Å². The Balaban J connectivity index is 1.45. The number of nitrogens with one attached hydrogen (secondary N) is 1. The van der Waals surface area contributed by atoms with Crippen molar-refractivity contribution < 1.29 is 13.2 Å². The Morgan fingerprint density at radius 2 is 1.94 bits per heavy atom. The fourth-order valence-corrected chi connectivity index (χ4v) is 6.61. The molecule has 0 radical (unpaired) electrons. The molecule has 1 fully saturated rings. The predicted octanol–water partition coefficient (Wildman–Crippen LogP) is 5.50. The molecule has 178 valence electrons. The number of aryl methyl sites for hydroxylation is 1. The first-order valence-electron chi connectivity index (χ1n) is 11.4. The van der Waals surface area contributed by atoms with Crippen LogP contribution in [0, 0.1) is 6.92 Å². The van der Waals surface area contributed by atoms with Gasteiger partial charge in [0.05, 0.1) is 4.90 Å². The number of carbonyl (C=O) groups excluding carboxylic acids is 1. The molecule has 1 N–H and O–H groups in total. The number of thioether (sulfide) groups is 1. The number of amides is 1. The van der Waals surface area contributed by atoms with E-state index in [1.165, 1.54) is 6.07 Å². The van der Waals surface area contributed by atoms with Gasteiger partial charge in [0.15, 0.2) is 0 Å². The number of aromatic nitrogens is 1. The molecule has 6 nitrogen and oxygen atoms in total. The minimum atomic E-state index is -3.65. The van der Waals surface area contributed by atoms with Crippen molar-refractivity contribution in [3.63, 3.8) is 0 Å². The Labute approximate surface area is 205 Å². The van der Waals surface area contributed by atoms with Crippen molar-refractivity contribution in [1.82, 2.24) is 9.29 Å². The summed E-state index contributed by atoms with van der Waals surface area (Å²) in [5, 5.41) is 2.90. The quantitative estimate of drug-likeness (QED) is 0.438. The second-order valence-corrected chi connectivity index (χ2v) is 11.5. The molecule has 4 rings (SSSR count). The zero-order valence-electron chi connectivity index (χ0n) is 19.4. The number of rotatable bonds is 7. The summed E-state index contributed by atoms with van der Waals surface area (Å²) >= 11 is 1.69. The Hall–Kier alpha value is -2.68. The first-order chi connectivity index (χ1) is 16.3. The summed E-state index contributed by atoms with van der Waals surface area (Å²) in [6.07, 6.45) is 6.36. The van der Waals surface area contributed by atoms with Crippen LogP contribution in [0.1, 0.15) is 47.7 Å². The van der Waals surface area contributed by atoms with Gasteiger partial charge in [0.1, 0.15) is 0 Å². The Morgan fingerprint density at radius 1 is 1.15 bits per heavy atom. The maximum atomic E-state index is 13.2. The van der Waals surface area contributed by atoms with Crippen LogP contribution in [0.4, 0.5) is 5.69 Å². The molecule has 1 amide bonds. The number of benzene rings is 2. The molecule has 2 aromatic carbocycles. The molecule has 0 spiro atoms. The second kappa shape index (κ2) is 10.7. The summed E-state index contributed by atoms with van der Waals surface area (Å²) in [7, 11) is -3.65. The minimum absolute atomic E-state index is 0.0353. The number of carbonyl (C=O) groups is 1. The van der Waals surface area contributed by atoms with Crippen LogP contribution < -0.4 is 5.32 Å². The smallest absolute Gasteiger partial charge is 0.255 e. The lowest BCUT2D eigenvalue weighted by Crippen LogP contribution is -2.42. The van der Waals surface area contributed by atoms with E-state index in [0.717, 1.165) is 41.0 Å². The first kappa shape index (κ1) is 24.4. The number of piperidine rings is 1. The average Bonchev–Trinajstić information content (AvgIpc) is 2.84. The summed E-state index contributed by atoms with van der Waals surface area (Å²) in [4.78, 5) is 18.4. The van der Waals surface area contributed by atoms with E-state index in [1.54, 1.807) is 34.4 Å². The molecule has 1 aliphatic heterocycles. The molecule has 2 heterocycles. The van der Waals surface area contributed by atoms with Crippen LogP contribution in [-0.2, 0) is 15.8 Å². The fraction of sp³-hybridized carbons (Fsp3) is 0.308. The number of nitrogens with zero attached hydrogens (tertiary/aromatic N) is 2. The third-order valence-electron chi connectivity index (χ3n) is 6.04. The summed E-state index contributed by atoms with van der Waals surface area (Å²) in [6, 6.07) is 16.4. The predicted molar refractivity (Wildman–Crippen MR) is 137 cm³/mol. The molecule has 0 bridgehead atoms. The normalized spacial score (nSPS) is 16.8. The average molecular weight is 496 g/mol. The standard InChI is InChI=1S/C26H29N3O3S2/c1-19-8-13-24(34(31,32)29-15-4-3-6-20(29)2)16-25(19)26(30)28-22-9-11-23(12-10-22)33-18-21-7-5-14-27-17-21/h5,7-14,16-17,20H,3-4,6,15,18H2,1-2H3,(H,28,30). The molecule has 34 heavy (non-hydrogen) atoms. The lowest BCUT2D eigenvalue weighted by atomic mass is 10.1. The van der Waals surface area contributed by atoms with E-state index in [0.29, 0.717) is 17.8 Å². The summed E-state index contributed by atoms with van der Waals surface area (Å²) in [5.41, 5.74) is 2.90. The zero-order chi connectivity index (χ0) is 24.1. The monoisotopic (exact) mass is 495 g/mol.